The van der Waals surface area contributed by atoms with E-state index in [1.54, 1.807) is 0 Å². The molecule has 1 heterocycles. The third-order valence-electron chi connectivity index (χ3n) is 5.98. The number of rotatable bonds is 5. The van der Waals surface area contributed by atoms with Crippen LogP contribution in [0.1, 0.15) is 47.5 Å². The van der Waals surface area contributed by atoms with Gasteiger partial charge in [0.1, 0.15) is 0 Å². The van der Waals surface area contributed by atoms with Gasteiger partial charge in [-0.3, -0.25) is 0 Å². The summed E-state index contributed by atoms with van der Waals surface area (Å²) in [5.74, 6) is 1.34. The summed E-state index contributed by atoms with van der Waals surface area (Å²) >= 11 is 0. The molecular formula is C17H32O2Si. The van der Waals surface area contributed by atoms with Crippen LogP contribution in [-0.4, -0.2) is 26.6 Å². The van der Waals surface area contributed by atoms with Crippen molar-refractivity contribution in [3.8, 4) is 0 Å². The summed E-state index contributed by atoms with van der Waals surface area (Å²) in [6.45, 7) is 16.8. The van der Waals surface area contributed by atoms with E-state index >= 15 is 0 Å². The van der Waals surface area contributed by atoms with Gasteiger partial charge in [-0.05, 0) is 48.9 Å². The minimum Gasteiger partial charge on any atom is -0.408 e. The first kappa shape index (κ1) is 16.3. The zero-order valence-electron chi connectivity index (χ0n) is 14.0. The zero-order chi connectivity index (χ0) is 15.0. The van der Waals surface area contributed by atoms with E-state index in [9.17, 15) is 0 Å². The summed E-state index contributed by atoms with van der Waals surface area (Å²) < 4.78 is 12.9. The minimum absolute atomic E-state index is 0.153. The van der Waals surface area contributed by atoms with E-state index in [4.69, 9.17) is 9.16 Å². The smallest absolute Gasteiger partial charge is 0.193 e. The predicted octanol–water partition coefficient (Wildman–Crippen LogP) is 4.77. The molecule has 3 heteroatoms. The van der Waals surface area contributed by atoms with Crippen molar-refractivity contribution in [2.45, 2.75) is 77.3 Å². The first-order valence-electron chi connectivity index (χ1n) is 8.39. The van der Waals surface area contributed by atoms with Gasteiger partial charge < -0.3 is 9.16 Å². The molecule has 1 saturated heterocycles. The number of fused-ring (bicyclic) bond motifs is 1. The molecule has 0 spiro atoms. The van der Waals surface area contributed by atoms with Crippen molar-refractivity contribution in [3.63, 3.8) is 0 Å². The zero-order valence-corrected chi connectivity index (χ0v) is 15.0. The van der Waals surface area contributed by atoms with Crippen LogP contribution >= 0.6 is 0 Å². The van der Waals surface area contributed by atoms with Crippen LogP contribution in [0.2, 0.25) is 18.1 Å². The molecule has 0 radical (unpaired) electrons. The molecule has 20 heavy (non-hydrogen) atoms. The lowest BCUT2D eigenvalue weighted by molar-refractivity contribution is -0.00949. The molecule has 2 aliphatic rings. The fourth-order valence-electron chi connectivity index (χ4n) is 4.02. The van der Waals surface area contributed by atoms with Gasteiger partial charge >= 0.3 is 0 Å². The van der Waals surface area contributed by atoms with Crippen LogP contribution in [0.25, 0.3) is 0 Å². The second-order valence-corrected chi connectivity index (χ2v) is 11.8. The maximum Gasteiger partial charge on any atom is 0.193 e. The molecule has 0 amide bonds. The molecule has 1 saturated carbocycles. The highest BCUT2D eigenvalue weighted by molar-refractivity contribution is 6.73. The molecule has 0 N–H and O–H groups in total. The summed E-state index contributed by atoms with van der Waals surface area (Å²) in [6, 6.07) is 3.61. The largest absolute Gasteiger partial charge is 0.408 e. The van der Waals surface area contributed by atoms with Crippen LogP contribution < -0.4 is 0 Å². The van der Waals surface area contributed by atoms with Crippen molar-refractivity contribution in [3.05, 3.63) is 12.2 Å². The third-order valence-corrected chi connectivity index (χ3v) is 10.7. The Kier molecular flexibility index (Phi) is 4.82. The topological polar surface area (TPSA) is 18.5 Å². The molecule has 2 nitrogen and oxygen atoms in total. The van der Waals surface area contributed by atoms with Gasteiger partial charge in [-0.15, -0.1) is 0 Å². The summed E-state index contributed by atoms with van der Waals surface area (Å²) in [5.41, 5.74) is 1.16. The van der Waals surface area contributed by atoms with Crippen molar-refractivity contribution in [1.82, 2.24) is 0 Å². The lowest BCUT2D eigenvalue weighted by Gasteiger charge is -2.47. The molecule has 0 bridgehead atoms. The third kappa shape index (κ3) is 2.77. The van der Waals surface area contributed by atoms with E-state index in [0.717, 1.165) is 19.4 Å². The molecule has 0 aromatic heterocycles. The Morgan fingerprint density at radius 3 is 2.45 bits per heavy atom. The highest BCUT2D eigenvalue weighted by Crippen LogP contribution is 2.47. The molecule has 1 aliphatic carbocycles. The van der Waals surface area contributed by atoms with Gasteiger partial charge in [0.15, 0.2) is 8.32 Å². The predicted molar refractivity (Wildman–Crippen MR) is 87.5 cm³/mol. The first-order chi connectivity index (χ1) is 9.39. The van der Waals surface area contributed by atoms with Gasteiger partial charge in [0.05, 0.1) is 11.7 Å². The molecule has 4 atom stereocenters. The van der Waals surface area contributed by atoms with Crippen LogP contribution in [0.5, 0.6) is 0 Å². The lowest BCUT2D eigenvalue weighted by atomic mass is 9.72. The van der Waals surface area contributed by atoms with Gasteiger partial charge in [0, 0.05) is 13.0 Å². The molecule has 2 fully saturated rings. The van der Waals surface area contributed by atoms with Gasteiger partial charge in [-0.25, -0.2) is 0 Å². The standard InChI is InChI=1S/C17H32O2Si/c1-7-20(8-2,9-3)19-17(6)11-16-15(10-14(17)5)13(4)12-18-16/h13,15-16H,5,7-12H2,1-4,6H3/t13-,15-,16-,17+/m1/s1. The maximum atomic E-state index is 6.83. The Balaban J connectivity index is 2.16. The van der Waals surface area contributed by atoms with E-state index in [2.05, 4.69) is 41.2 Å². The Labute approximate surface area is 126 Å². The molecule has 1 aliphatic heterocycles. The Morgan fingerprint density at radius 2 is 1.90 bits per heavy atom. The molecule has 0 aromatic carbocycles. The normalized spacial score (nSPS) is 38.0. The Hall–Kier alpha value is -0.123. The summed E-state index contributed by atoms with van der Waals surface area (Å²) in [4.78, 5) is 0. The van der Waals surface area contributed by atoms with Crippen LogP contribution in [0.15, 0.2) is 12.2 Å². The summed E-state index contributed by atoms with van der Waals surface area (Å²) in [7, 11) is -1.60. The van der Waals surface area contributed by atoms with Crippen molar-refractivity contribution in [2.24, 2.45) is 11.8 Å². The second kappa shape index (κ2) is 5.94. The Bertz CT molecular complexity index is 356. The van der Waals surface area contributed by atoms with Crippen molar-refractivity contribution in [1.29, 1.82) is 0 Å². The second-order valence-electron chi connectivity index (χ2n) is 7.10. The number of hydrogen-bond acceptors (Lipinski definition) is 2. The fraction of sp³-hybridized carbons (Fsp3) is 0.882. The molecule has 0 aromatic rings. The molecule has 2 rings (SSSR count). The van der Waals surface area contributed by atoms with Gasteiger partial charge in [0.2, 0.25) is 0 Å². The van der Waals surface area contributed by atoms with Crippen LogP contribution in [0, 0.1) is 11.8 Å². The average molecular weight is 297 g/mol. The van der Waals surface area contributed by atoms with Crippen molar-refractivity contribution < 1.29 is 9.16 Å². The number of ether oxygens (including phenoxy) is 1. The van der Waals surface area contributed by atoms with E-state index in [1.807, 2.05) is 0 Å². The van der Waals surface area contributed by atoms with Gasteiger partial charge in [-0.2, -0.15) is 0 Å². The van der Waals surface area contributed by atoms with Gasteiger partial charge in [-0.1, -0.05) is 34.3 Å². The highest BCUT2D eigenvalue weighted by atomic mass is 28.4. The number of hydrogen-bond donors (Lipinski definition) is 0. The van der Waals surface area contributed by atoms with Crippen molar-refractivity contribution in [2.75, 3.05) is 6.61 Å². The lowest BCUT2D eigenvalue weighted by Crippen LogP contribution is -2.51. The van der Waals surface area contributed by atoms with E-state index in [-0.39, 0.29) is 5.60 Å². The average Bonchev–Trinajstić information content (AvgIpc) is 2.78. The van der Waals surface area contributed by atoms with E-state index in [1.165, 1.54) is 23.7 Å². The molecular weight excluding hydrogens is 264 g/mol. The highest BCUT2D eigenvalue weighted by Gasteiger charge is 2.49. The summed E-state index contributed by atoms with van der Waals surface area (Å²) in [5, 5.41) is 0. The summed E-state index contributed by atoms with van der Waals surface area (Å²) in [6.07, 6.45) is 2.48. The Morgan fingerprint density at radius 1 is 1.30 bits per heavy atom. The first-order valence-corrected chi connectivity index (χ1v) is 10.9. The van der Waals surface area contributed by atoms with E-state index in [0.29, 0.717) is 17.9 Å². The monoisotopic (exact) mass is 296 g/mol. The SMILES string of the molecule is C=C1C[C@@H]2[C@H](C)CO[C@@H]2C[C@]1(C)O[Si](CC)(CC)CC. The minimum atomic E-state index is -1.60. The quantitative estimate of drug-likeness (QED) is 0.537. The van der Waals surface area contributed by atoms with Crippen LogP contribution in [0.3, 0.4) is 0 Å². The molecule has 116 valence electrons. The molecule has 0 unspecified atom stereocenters. The maximum absolute atomic E-state index is 6.83. The van der Waals surface area contributed by atoms with Crippen LogP contribution in [-0.2, 0) is 9.16 Å². The fourth-order valence-corrected chi connectivity index (χ4v) is 7.14. The van der Waals surface area contributed by atoms with Gasteiger partial charge in [0.25, 0.3) is 0 Å². The van der Waals surface area contributed by atoms with Crippen molar-refractivity contribution >= 4 is 8.32 Å². The van der Waals surface area contributed by atoms with E-state index < -0.39 is 8.32 Å². The van der Waals surface area contributed by atoms with Crippen LogP contribution in [0.4, 0.5) is 0 Å².